The summed E-state index contributed by atoms with van der Waals surface area (Å²) < 4.78 is 0. The number of amides is 1. The maximum absolute atomic E-state index is 11.7. The van der Waals surface area contributed by atoms with Crippen LogP contribution in [0.15, 0.2) is 24.3 Å². The summed E-state index contributed by atoms with van der Waals surface area (Å²) in [7, 11) is 0. The van der Waals surface area contributed by atoms with E-state index in [1.807, 2.05) is 29.2 Å². The van der Waals surface area contributed by atoms with Crippen LogP contribution in [0.2, 0.25) is 0 Å². The lowest BCUT2D eigenvalue weighted by atomic mass is 10.2. The van der Waals surface area contributed by atoms with Crippen molar-refractivity contribution in [1.29, 1.82) is 0 Å². The van der Waals surface area contributed by atoms with Crippen molar-refractivity contribution >= 4 is 11.6 Å². The number of anilines is 1. The molecule has 1 aromatic rings. The number of hydrogen-bond donors (Lipinski definition) is 1. The molecule has 1 aromatic carbocycles. The number of para-hydroxylation sites is 1. The zero-order valence-electron chi connectivity index (χ0n) is 8.65. The van der Waals surface area contributed by atoms with Crippen LogP contribution < -0.4 is 4.90 Å². The zero-order valence-corrected chi connectivity index (χ0v) is 8.65. The van der Waals surface area contributed by atoms with Gasteiger partial charge in [0.25, 0.3) is 0 Å². The number of carbonyl (C=O) groups is 1. The number of fused-ring (bicyclic) bond motifs is 1. The molecule has 0 atom stereocenters. The van der Waals surface area contributed by atoms with Crippen LogP contribution in [0.1, 0.15) is 18.4 Å². The Morgan fingerprint density at radius 1 is 1.27 bits per heavy atom. The van der Waals surface area contributed by atoms with Gasteiger partial charge in [-0.1, -0.05) is 18.2 Å². The van der Waals surface area contributed by atoms with E-state index in [4.69, 9.17) is 5.11 Å². The van der Waals surface area contributed by atoms with E-state index in [-0.39, 0.29) is 12.5 Å². The first-order chi connectivity index (χ1) is 7.33. The molecule has 0 bridgehead atoms. The molecule has 15 heavy (non-hydrogen) atoms. The van der Waals surface area contributed by atoms with Crippen LogP contribution in [0.3, 0.4) is 0 Å². The average molecular weight is 205 g/mol. The van der Waals surface area contributed by atoms with Crippen LogP contribution >= 0.6 is 0 Å². The van der Waals surface area contributed by atoms with Crippen molar-refractivity contribution in [2.45, 2.75) is 19.3 Å². The third-order valence-electron chi connectivity index (χ3n) is 2.71. The topological polar surface area (TPSA) is 40.5 Å². The summed E-state index contributed by atoms with van der Waals surface area (Å²) in [6, 6.07) is 7.90. The number of nitrogens with zero attached hydrogens (tertiary/aromatic N) is 1. The Morgan fingerprint density at radius 3 is 2.87 bits per heavy atom. The number of hydrogen-bond acceptors (Lipinski definition) is 2. The quantitative estimate of drug-likeness (QED) is 0.754. The largest absolute Gasteiger partial charge is 0.396 e. The van der Waals surface area contributed by atoms with Gasteiger partial charge in [0.2, 0.25) is 5.91 Å². The molecule has 0 aliphatic carbocycles. The number of unbranched alkanes of at least 4 members (excludes halogenated alkanes) is 1. The van der Waals surface area contributed by atoms with Crippen LogP contribution in [0, 0.1) is 0 Å². The molecule has 1 amide bonds. The van der Waals surface area contributed by atoms with Gasteiger partial charge in [-0.25, -0.2) is 0 Å². The summed E-state index contributed by atoms with van der Waals surface area (Å²) in [5.74, 6) is 0.175. The molecule has 1 N–H and O–H groups in total. The maximum Gasteiger partial charge on any atom is 0.231 e. The second-order valence-electron chi connectivity index (χ2n) is 3.78. The molecule has 1 heterocycles. The lowest BCUT2D eigenvalue weighted by molar-refractivity contribution is -0.117. The van der Waals surface area contributed by atoms with E-state index in [1.54, 1.807) is 0 Å². The summed E-state index contributed by atoms with van der Waals surface area (Å²) in [5, 5.41) is 8.70. The van der Waals surface area contributed by atoms with E-state index in [1.165, 1.54) is 0 Å². The van der Waals surface area contributed by atoms with Gasteiger partial charge in [0.05, 0.1) is 6.42 Å². The van der Waals surface area contributed by atoms with Crippen molar-refractivity contribution in [1.82, 2.24) is 0 Å². The highest BCUT2D eigenvalue weighted by molar-refractivity contribution is 6.01. The molecule has 0 radical (unpaired) electrons. The van der Waals surface area contributed by atoms with Gasteiger partial charge in [0.1, 0.15) is 0 Å². The van der Waals surface area contributed by atoms with Crippen molar-refractivity contribution in [2.24, 2.45) is 0 Å². The molecular formula is C12H15NO2. The number of aliphatic hydroxyl groups is 1. The molecule has 3 nitrogen and oxygen atoms in total. The molecule has 80 valence electrons. The second kappa shape index (κ2) is 4.45. The second-order valence-corrected chi connectivity index (χ2v) is 3.78. The molecule has 2 rings (SSSR count). The van der Waals surface area contributed by atoms with Crippen LogP contribution in [-0.4, -0.2) is 24.2 Å². The molecule has 0 saturated heterocycles. The lowest BCUT2D eigenvalue weighted by Gasteiger charge is -2.16. The summed E-state index contributed by atoms with van der Waals surface area (Å²) in [6.07, 6.45) is 2.14. The molecule has 0 aromatic heterocycles. The Hall–Kier alpha value is -1.35. The van der Waals surface area contributed by atoms with Crippen LogP contribution in [0.25, 0.3) is 0 Å². The summed E-state index contributed by atoms with van der Waals surface area (Å²) >= 11 is 0. The van der Waals surface area contributed by atoms with E-state index in [9.17, 15) is 4.79 Å². The fourth-order valence-electron chi connectivity index (χ4n) is 1.94. The van der Waals surface area contributed by atoms with E-state index in [0.717, 1.165) is 30.6 Å². The fraction of sp³-hybridized carbons (Fsp3) is 0.417. The highest BCUT2D eigenvalue weighted by atomic mass is 16.3. The molecule has 0 saturated carbocycles. The highest BCUT2D eigenvalue weighted by Gasteiger charge is 2.25. The Bertz CT molecular complexity index is 362. The minimum absolute atomic E-state index is 0.175. The van der Waals surface area contributed by atoms with Gasteiger partial charge in [-0.3, -0.25) is 4.79 Å². The SMILES string of the molecule is O=C1Cc2ccccc2N1CCCCO. The van der Waals surface area contributed by atoms with Crippen molar-refractivity contribution in [3.8, 4) is 0 Å². The molecule has 0 unspecified atom stereocenters. The van der Waals surface area contributed by atoms with Crippen molar-refractivity contribution in [3.05, 3.63) is 29.8 Å². The monoisotopic (exact) mass is 205 g/mol. The summed E-state index contributed by atoms with van der Waals surface area (Å²) in [6.45, 7) is 0.917. The lowest BCUT2D eigenvalue weighted by Crippen LogP contribution is -2.27. The van der Waals surface area contributed by atoms with Gasteiger partial charge in [-0.05, 0) is 24.5 Å². The van der Waals surface area contributed by atoms with Gasteiger partial charge in [0, 0.05) is 18.8 Å². The predicted octanol–water partition coefficient (Wildman–Crippen LogP) is 1.35. The molecule has 0 spiro atoms. The normalized spacial score (nSPS) is 14.5. The van der Waals surface area contributed by atoms with Crippen molar-refractivity contribution < 1.29 is 9.90 Å². The Labute approximate surface area is 89.3 Å². The first kappa shape index (κ1) is 10.2. The Morgan fingerprint density at radius 2 is 2.07 bits per heavy atom. The molecule has 0 fully saturated rings. The Kier molecular flexibility index (Phi) is 3.02. The number of rotatable bonds is 4. The minimum atomic E-state index is 0.175. The van der Waals surface area contributed by atoms with E-state index in [2.05, 4.69) is 0 Å². The average Bonchev–Trinajstić information content (AvgIpc) is 2.56. The summed E-state index contributed by atoms with van der Waals surface area (Å²) in [5.41, 5.74) is 2.16. The van der Waals surface area contributed by atoms with Crippen molar-refractivity contribution in [3.63, 3.8) is 0 Å². The fourth-order valence-corrected chi connectivity index (χ4v) is 1.94. The minimum Gasteiger partial charge on any atom is -0.396 e. The van der Waals surface area contributed by atoms with E-state index in [0.29, 0.717) is 6.42 Å². The Balaban J connectivity index is 2.08. The van der Waals surface area contributed by atoms with Crippen LogP contribution in [-0.2, 0) is 11.2 Å². The van der Waals surface area contributed by atoms with Crippen LogP contribution in [0.5, 0.6) is 0 Å². The first-order valence-corrected chi connectivity index (χ1v) is 5.32. The highest BCUT2D eigenvalue weighted by Crippen LogP contribution is 2.28. The number of carbonyl (C=O) groups excluding carboxylic acids is 1. The maximum atomic E-state index is 11.7. The third-order valence-corrected chi connectivity index (χ3v) is 2.71. The van der Waals surface area contributed by atoms with Crippen LogP contribution in [0.4, 0.5) is 5.69 Å². The van der Waals surface area contributed by atoms with E-state index < -0.39 is 0 Å². The summed E-state index contributed by atoms with van der Waals surface area (Å²) in [4.78, 5) is 13.5. The molecule has 1 aliphatic heterocycles. The van der Waals surface area contributed by atoms with Gasteiger partial charge in [0.15, 0.2) is 0 Å². The van der Waals surface area contributed by atoms with E-state index >= 15 is 0 Å². The molecule has 1 aliphatic rings. The van der Waals surface area contributed by atoms with Gasteiger partial charge in [-0.2, -0.15) is 0 Å². The standard InChI is InChI=1S/C12H15NO2/c14-8-4-3-7-13-11-6-2-1-5-10(11)9-12(13)15/h1-2,5-6,14H,3-4,7-9H2. The molecule has 3 heteroatoms. The third kappa shape index (κ3) is 2.02. The van der Waals surface area contributed by atoms with Gasteiger partial charge < -0.3 is 10.0 Å². The van der Waals surface area contributed by atoms with Crippen molar-refractivity contribution in [2.75, 3.05) is 18.1 Å². The van der Waals surface area contributed by atoms with Gasteiger partial charge >= 0.3 is 0 Å². The number of benzene rings is 1. The predicted molar refractivity (Wildman–Crippen MR) is 58.8 cm³/mol. The first-order valence-electron chi connectivity index (χ1n) is 5.32. The number of aliphatic hydroxyl groups excluding tert-OH is 1. The van der Waals surface area contributed by atoms with Gasteiger partial charge in [-0.15, -0.1) is 0 Å². The smallest absolute Gasteiger partial charge is 0.231 e. The molecular weight excluding hydrogens is 190 g/mol. The zero-order chi connectivity index (χ0) is 10.7.